The molecule has 0 fully saturated rings. The van der Waals surface area contributed by atoms with Crippen LogP contribution in [0.1, 0.15) is 13.8 Å². The molecule has 0 unspecified atom stereocenters. The molecule has 0 spiro atoms. The van der Waals surface area contributed by atoms with E-state index in [1.54, 1.807) is 26.0 Å². The molecule has 0 aliphatic heterocycles. The SMILES string of the molecule is CC(C)[C@H](Oc1cc(Cl)ccc1Cl)C(=O)NC(N)=O. The Bertz CT molecular complexity index is 492. The number of nitrogens with one attached hydrogen (secondary N) is 1. The van der Waals surface area contributed by atoms with Crippen LogP contribution in [-0.2, 0) is 4.79 Å². The first-order valence-corrected chi connectivity index (χ1v) is 6.29. The van der Waals surface area contributed by atoms with E-state index in [0.29, 0.717) is 10.0 Å². The Morgan fingerprint density at radius 2 is 1.95 bits per heavy atom. The molecule has 1 rings (SSSR count). The Labute approximate surface area is 121 Å². The fraction of sp³-hybridized carbons (Fsp3) is 0.333. The third-order valence-electron chi connectivity index (χ3n) is 2.26. The van der Waals surface area contributed by atoms with E-state index < -0.39 is 18.0 Å². The van der Waals surface area contributed by atoms with Crippen molar-refractivity contribution < 1.29 is 14.3 Å². The number of amides is 3. The Morgan fingerprint density at radius 1 is 1.32 bits per heavy atom. The molecule has 1 aromatic rings. The molecule has 5 nitrogen and oxygen atoms in total. The molecule has 7 heteroatoms. The minimum Gasteiger partial charge on any atom is -0.479 e. The number of nitrogens with two attached hydrogens (primary N) is 1. The van der Waals surface area contributed by atoms with Crippen molar-refractivity contribution in [3.63, 3.8) is 0 Å². The zero-order valence-electron chi connectivity index (χ0n) is 10.4. The van der Waals surface area contributed by atoms with Crippen molar-refractivity contribution in [3.8, 4) is 5.75 Å². The molecule has 0 heterocycles. The standard InChI is InChI=1S/C12H14Cl2N2O3/c1-6(2)10(11(17)16-12(15)18)19-9-5-7(13)3-4-8(9)14/h3-6,10H,1-2H3,(H3,15,16,17,18)/t10-/m0/s1. The van der Waals surface area contributed by atoms with Gasteiger partial charge in [-0.1, -0.05) is 37.0 Å². The molecule has 1 aromatic carbocycles. The van der Waals surface area contributed by atoms with Crippen LogP contribution in [0, 0.1) is 5.92 Å². The van der Waals surface area contributed by atoms with Crippen LogP contribution in [0.2, 0.25) is 10.0 Å². The number of primary amides is 1. The van der Waals surface area contributed by atoms with Gasteiger partial charge in [0, 0.05) is 11.1 Å². The molecular formula is C12H14Cl2N2O3. The smallest absolute Gasteiger partial charge is 0.318 e. The monoisotopic (exact) mass is 304 g/mol. The molecule has 0 aliphatic carbocycles. The first-order chi connectivity index (χ1) is 8.81. The summed E-state index contributed by atoms with van der Waals surface area (Å²) in [5.41, 5.74) is 4.91. The first-order valence-electron chi connectivity index (χ1n) is 5.53. The highest BCUT2D eigenvalue weighted by Gasteiger charge is 2.26. The van der Waals surface area contributed by atoms with Crippen LogP contribution in [0.4, 0.5) is 4.79 Å². The Hall–Kier alpha value is -1.46. The fourth-order valence-electron chi connectivity index (χ4n) is 1.39. The van der Waals surface area contributed by atoms with E-state index in [0.717, 1.165) is 0 Å². The van der Waals surface area contributed by atoms with Gasteiger partial charge >= 0.3 is 6.03 Å². The number of urea groups is 1. The lowest BCUT2D eigenvalue weighted by Gasteiger charge is -2.21. The minimum atomic E-state index is -0.934. The average Bonchev–Trinajstić information content (AvgIpc) is 2.28. The van der Waals surface area contributed by atoms with Crippen LogP contribution in [-0.4, -0.2) is 18.0 Å². The number of rotatable bonds is 4. The molecular weight excluding hydrogens is 291 g/mol. The highest BCUT2D eigenvalue weighted by atomic mass is 35.5. The van der Waals surface area contributed by atoms with E-state index in [1.165, 1.54) is 6.07 Å². The predicted octanol–water partition coefficient (Wildman–Crippen LogP) is 2.59. The number of benzene rings is 1. The second-order valence-corrected chi connectivity index (χ2v) is 5.05. The van der Waals surface area contributed by atoms with Crippen LogP contribution < -0.4 is 15.8 Å². The van der Waals surface area contributed by atoms with Crippen LogP contribution in [0.15, 0.2) is 18.2 Å². The van der Waals surface area contributed by atoms with Crippen LogP contribution >= 0.6 is 23.2 Å². The number of carbonyl (C=O) groups is 2. The Morgan fingerprint density at radius 3 is 2.47 bits per heavy atom. The maximum atomic E-state index is 11.8. The molecule has 0 saturated carbocycles. The average molecular weight is 305 g/mol. The molecule has 104 valence electrons. The van der Waals surface area contributed by atoms with Gasteiger partial charge in [-0.25, -0.2) is 4.79 Å². The lowest BCUT2D eigenvalue weighted by atomic mass is 10.1. The summed E-state index contributed by atoms with van der Waals surface area (Å²) < 4.78 is 5.51. The summed E-state index contributed by atoms with van der Waals surface area (Å²) in [6, 6.07) is 3.72. The molecule has 0 aliphatic rings. The first kappa shape index (κ1) is 15.6. The zero-order chi connectivity index (χ0) is 14.6. The number of imide groups is 1. The second-order valence-electron chi connectivity index (χ2n) is 4.21. The maximum absolute atomic E-state index is 11.8. The van der Waals surface area contributed by atoms with Gasteiger partial charge < -0.3 is 10.5 Å². The largest absolute Gasteiger partial charge is 0.479 e. The third kappa shape index (κ3) is 4.61. The summed E-state index contributed by atoms with van der Waals surface area (Å²) in [6.07, 6.45) is -0.900. The van der Waals surface area contributed by atoms with Crippen molar-refractivity contribution >= 4 is 35.1 Å². The quantitative estimate of drug-likeness (QED) is 0.897. The van der Waals surface area contributed by atoms with Gasteiger partial charge in [-0.2, -0.15) is 0 Å². The number of carbonyl (C=O) groups excluding carboxylic acids is 2. The van der Waals surface area contributed by atoms with Crippen LogP contribution in [0.3, 0.4) is 0 Å². The van der Waals surface area contributed by atoms with Gasteiger partial charge in [0.25, 0.3) is 5.91 Å². The molecule has 0 bridgehead atoms. The maximum Gasteiger partial charge on any atom is 0.318 e. The van der Waals surface area contributed by atoms with Gasteiger partial charge in [0.2, 0.25) is 0 Å². The lowest BCUT2D eigenvalue weighted by Crippen LogP contribution is -2.46. The van der Waals surface area contributed by atoms with Crippen molar-refractivity contribution in [2.75, 3.05) is 0 Å². The number of hydrogen-bond donors (Lipinski definition) is 2. The summed E-state index contributed by atoms with van der Waals surface area (Å²) >= 11 is 11.8. The third-order valence-corrected chi connectivity index (χ3v) is 2.80. The molecule has 3 amide bonds. The summed E-state index contributed by atoms with van der Waals surface area (Å²) in [5.74, 6) is -0.541. The van der Waals surface area contributed by atoms with E-state index in [1.807, 2.05) is 5.32 Å². The normalized spacial score (nSPS) is 12.1. The fourth-order valence-corrected chi connectivity index (χ4v) is 1.71. The summed E-state index contributed by atoms with van der Waals surface area (Å²) in [6.45, 7) is 3.54. The van der Waals surface area contributed by atoms with E-state index in [9.17, 15) is 9.59 Å². The van der Waals surface area contributed by atoms with E-state index >= 15 is 0 Å². The second kappa shape index (κ2) is 6.63. The summed E-state index contributed by atoms with van der Waals surface area (Å²) in [4.78, 5) is 22.5. The van der Waals surface area contributed by atoms with Crippen molar-refractivity contribution in [2.45, 2.75) is 20.0 Å². The van der Waals surface area contributed by atoms with Crippen LogP contribution in [0.5, 0.6) is 5.75 Å². The number of halogens is 2. The molecule has 0 radical (unpaired) electrons. The van der Waals surface area contributed by atoms with E-state index in [-0.39, 0.29) is 11.7 Å². The number of ether oxygens (including phenoxy) is 1. The summed E-state index contributed by atoms with van der Waals surface area (Å²) in [7, 11) is 0. The van der Waals surface area contributed by atoms with Gasteiger partial charge in [0.15, 0.2) is 6.10 Å². The van der Waals surface area contributed by atoms with Gasteiger partial charge in [-0.3, -0.25) is 10.1 Å². The van der Waals surface area contributed by atoms with E-state index in [2.05, 4.69) is 0 Å². The molecule has 3 N–H and O–H groups in total. The molecule has 19 heavy (non-hydrogen) atoms. The molecule has 1 atom stereocenters. The van der Waals surface area contributed by atoms with Crippen molar-refractivity contribution in [2.24, 2.45) is 11.7 Å². The zero-order valence-corrected chi connectivity index (χ0v) is 12.0. The van der Waals surface area contributed by atoms with Crippen molar-refractivity contribution in [1.29, 1.82) is 0 Å². The van der Waals surface area contributed by atoms with Crippen molar-refractivity contribution in [1.82, 2.24) is 5.32 Å². The van der Waals surface area contributed by atoms with Gasteiger partial charge in [0.05, 0.1) is 5.02 Å². The number of hydrogen-bond acceptors (Lipinski definition) is 3. The molecule has 0 aromatic heterocycles. The lowest BCUT2D eigenvalue weighted by molar-refractivity contribution is -0.128. The van der Waals surface area contributed by atoms with Gasteiger partial charge in [0.1, 0.15) is 5.75 Å². The minimum absolute atomic E-state index is 0.186. The van der Waals surface area contributed by atoms with E-state index in [4.69, 9.17) is 33.7 Å². The highest BCUT2D eigenvalue weighted by molar-refractivity contribution is 6.34. The summed E-state index contributed by atoms with van der Waals surface area (Å²) in [5, 5.41) is 2.73. The van der Waals surface area contributed by atoms with Gasteiger partial charge in [-0.05, 0) is 18.1 Å². The van der Waals surface area contributed by atoms with Gasteiger partial charge in [-0.15, -0.1) is 0 Å². The Kier molecular flexibility index (Phi) is 5.44. The molecule has 0 saturated heterocycles. The topological polar surface area (TPSA) is 81.4 Å². The predicted molar refractivity (Wildman–Crippen MR) is 73.4 cm³/mol. The Balaban J connectivity index is 2.92. The highest BCUT2D eigenvalue weighted by Crippen LogP contribution is 2.29. The van der Waals surface area contributed by atoms with Crippen LogP contribution in [0.25, 0.3) is 0 Å². The van der Waals surface area contributed by atoms with Crippen molar-refractivity contribution in [3.05, 3.63) is 28.2 Å².